The van der Waals surface area contributed by atoms with Gasteiger partial charge in [0.15, 0.2) is 0 Å². The van der Waals surface area contributed by atoms with Crippen LogP contribution in [0.2, 0.25) is 10.0 Å². The third kappa shape index (κ3) is 6.36. The van der Waals surface area contributed by atoms with E-state index in [-0.39, 0.29) is 28.9 Å². The predicted molar refractivity (Wildman–Crippen MR) is 176 cm³/mol. The second-order valence-electron chi connectivity index (χ2n) is 11.2. The molecule has 3 N–H and O–H groups in total. The Morgan fingerprint density at radius 3 is 1.96 bits per heavy atom. The molecule has 2 heterocycles. The van der Waals surface area contributed by atoms with E-state index in [0.29, 0.717) is 42.5 Å². The van der Waals surface area contributed by atoms with E-state index in [1.165, 1.54) is 28.6 Å². The van der Waals surface area contributed by atoms with Gasteiger partial charge >= 0.3 is 0 Å². The summed E-state index contributed by atoms with van der Waals surface area (Å²) in [6, 6.07) is 27.7. The zero-order valence-electron chi connectivity index (χ0n) is 24.3. The summed E-state index contributed by atoms with van der Waals surface area (Å²) in [4.78, 5) is 11.6. The molecule has 1 aromatic heterocycles. The Bertz CT molecular complexity index is 1890. The van der Waals surface area contributed by atoms with Crippen molar-refractivity contribution in [2.24, 2.45) is 5.73 Å². The van der Waals surface area contributed by atoms with E-state index < -0.39 is 15.9 Å². The van der Waals surface area contributed by atoms with Crippen LogP contribution >= 0.6 is 23.2 Å². The lowest BCUT2D eigenvalue weighted by Crippen LogP contribution is -2.38. The van der Waals surface area contributed by atoms with Gasteiger partial charge in [0.25, 0.3) is 0 Å². The minimum absolute atomic E-state index is 0.0240. The van der Waals surface area contributed by atoms with Crippen LogP contribution in [0.1, 0.15) is 57.4 Å². The number of aliphatic hydroxyl groups is 1. The van der Waals surface area contributed by atoms with E-state index in [9.17, 15) is 18.3 Å². The van der Waals surface area contributed by atoms with Crippen molar-refractivity contribution >= 4 is 50.0 Å². The van der Waals surface area contributed by atoms with Crippen molar-refractivity contribution < 1.29 is 18.3 Å². The molecule has 4 aromatic carbocycles. The molecule has 11 heteroatoms. The summed E-state index contributed by atoms with van der Waals surface area (Å²) in [6.07, 6.45) is 1.18. The number of nitrogens with two attached hydrogens (primary N) is 1. The van der Waals surface area contributed by atoms with Crippen molar-refractivity contribution in [3.05, 3.63) is 129 Å². The number of piperidine rings is 1. The van der Waals surface area contributed by atoms with Gasteiger partial charge in [-0.1, -0.05) is 53.5 Å². The first kappa shape index (κ1) is 31.3. The molecular formula is C34H32Cl2N4O4S. The highest BCUT2D eigenvalue weighted by Crippen LogP contribution is 2.39. The molecule has 1 aliphatic heterocycles. The third-order valence-electron chi connectivity index (χ3n) is 8.47. The molecular weight excluding hydrogens is 631 g/mol. The van der Waals surface area contributed by atoms with Crippen LogP contribution in [0.4, 0.5) is 0 Å². The Morgan fingerprint density at radius 1 is 0.867 bits per heavy atom. The lowest BCUT2D eigenvalue weighted by atomic mass is 9.84. The van der Waals surface area contributed by atoms with E-state index in [4.69, 9.17) is 34.0 Å². The van der Waals surface area contributed by atoms with Crippen molar-refractivity contribution in [3.63, 3.8) is 0 Å². The number of rotatable bonds is 9. The van der Waals surface area contributed by atoms with Crippen LogP contribution in [0.3, 0.4) is 0 Å². The summed E-state index contributed by atoms with van der Waals surface area (Å²) in [5, 5.41) is 17.0. The molecule has 0 unspecified atom stereocenters. The second-order valence-corrected chi connectivity index (χ2v) is 14.0. The summed E-state index contributed by atoms with van der Waals surface area (Å²) in [7, 11) is -3.74. The largest absolute Gasteiger partial charge is 0.394 e. The van der Waals surface area contributed by atoms with E-state index in [0.717, 1.165) is 33.3 Å². The van der Waals surface area contributed by atoms with Crippen LogP contribution in [0.15, 0.2) is 95.9 Å². The van der Waals surface area contributed by atoms with Gasteiger partial charge in [-0.25, -0.2) is 8.42 Å². The van der Waals surface area contributed by atoms with E-state index >= 15 is 0 Å². The van der Waals surface area contributed by atoms with Crippen molar-refractivity contribution in [2.45, 2.75) is 36.1 Å². The molecule has 0 spiro atoms. The molecule has 1 saturated heterocycles. The number of carbonyl (C=O) groups is 1. The summed E-state index contributed by atoms with van der Waals surface area (Å²) < 4.78 is 30.1. The Hall–Kier alpha value is -3.73. The summed E-state index contributed by atoms with van der Waals surface area (Å²) >= 11 is 12.5. The zero-order chi connectivity index (χ0) is 31.7. The lowest BCUT2D eigenvalue weighted by Gasteiger charge is -2.30. The quantitative estimate of drug-likeness (QED) is 0.183. The minimum Gasteiger partial charge on any atom is -0.394 e. The molecule has 0 saturated carbocycles. The smallest absolute Gasteiger partial charge is 0.248 e. The number of fused-ring (bicyclic) bond motifs is 1. The maximum Gasteiger partial charge on any atom is 0.248 e. The van der Waals surface area contributed by atoms with Crippen LogP contribution in [0.5, 0.6) is 0 Å². The van der Waals surface area contributed by atoms with Gasteiger partial charge in [-0.05, 0) is 90.2 Å². The molecule has 1 amide bonds. The fourth-order valence-electron chi connectivity index (χ4n) is 6.17. The van der Waals surface area contributed by atoms with Crippen molar-refractivity contribution in [3.8, 4) is 0 Å². The number of halogens is 2. The number of amides is 1. The van der Waals surface area contributed by atoms with Crippen LogP contribution in [-0.4, -0.2) is 53.2 Å². The summed E-state index contributed by atoms with van der Waals surface area (Å²) in [5.41, 5.74) is 10.6. The maximum absolute atomic E-state index is 13.4. The van der Waals surface area contributed by atoms with Crippen LogP contribution in [0.25, 0.3) is 10.9 Å². The first-order valence-corrected chi connectivity index (χ1v) is 16.9. The standard InChI is InChI=1S/C34H32Cl2N4O4S/c35-27-8-1-22(2-9-27)32(23-3-10-28(36)11-4-23)26-7-14-31-30(21-26)33(38-40(31)19-20-41)24-15-17-39(18-16-24)45(43,44)29-12-5-25(6-13-29)34(37)42/h1-14,21,24,32,41H,15-20H2,(H2,37,42). The molecule has 0 atom stereocenters. The molecule has 5 aromatic rings. The van der Waals surface area contributed by atoms with Gasteiger partial charge in [0, 0.05) is 45.9 Å². The molecule has 0 radical (unpaired) electrons. The number of aromatic nitrogens is 2. The number of sulfonamides is 1. The molecule has 1 aliphatic rings. The Balaban J connectivity index is 1.33. The zero-order valence-corrected chi connectivity index (χ0v) is 26.6. The second kappa shape index (κ2) is 12.9. The number of carbonyl (C=O) groups excluding carboxylic acids is 1. The molecule has 6 rings (SSSR count). The highest BCUT2D eigenvalue weighted by Gasteiger charge is 2.32. The van der Waals surface area contributed by atoms with Crippen LogP contribution < -0.4 is 5.73 Å². The summed E-state index contributed by atoms with van der Waals surface area (Å²) in [6.45, 7) is 0.955. The average molecular weight is 664 g/mol. The number of benzene rings is 4. The topological polar surface area (TPSA) is 119 Å². The molecule has 0 aliphatic carbocycles. The third-order valence-corrected chi connectivity index (χ3v) is 10.9. The monoisotopic (exact) mass is 662 g/mol. The van der Waals surface area contributed by atoms with Gasteiger partial charge < -0.3 is 10.8 Å². The first-order chi connectivity index (χ1) is 21.7. The van der Waals surface area contributed by atoms with Gasteiger partial charge in [-0.3, -0.25) is 9.48 Å². The Labute approximate surface area is 272 Å². The molecule has 0 bridgehead atoms. The molecule has 8 nitrogen and oxygen atoms in total. The van der Waals surface area contributed by atoms with Crippen molar-refractivity contribution in [1.29, 1.82) is 0 Å². The highest BCUT2D eigenvalue weighted by molar-refractivity contribution is 7.89. The predicted octanol–water partition coefficient (Wildman–Crippen LogP) is 6.18. The Kier molecular flexibility index (Phi) is 8.99. The normalized spacial score (nSPS) is 14.8. The molecule has 1 fully saturated rings. The Morgan fingerprint density at radius 2 is 1.42 bits per heavy atom. The fraction of sp³-hybridized carbons (Fsp3) is 0.235. The number of hydrogen-bond donors (Lipinski definition) is 2. The van der Waals surface area contributed by atoms with Crippen molar-refractivity contribution in [1.82, 2.24) is 14.1 Å². The maximum atomic E-state index is 13.4. The van der Waals surface area contributed by atoms with Gasteiger partial charge in [0.05, 0.1) is 29.3 Å². The van der Waals surface area contributed by atoms with Gasteiger partial charge in [-0.2, -0.15) is 9.40 Å². The first-order valence-electron chi connectivity index (χ1n) is 14.7. The SMILES string of the molecule is NC(=O)c1ccc(S(=O)(=O)N2CCC(c3nn(CCO)c4ccc(C(c5ccc(Cl)cc5)c5ccc(Cl)cc5)cc34)CC2)cc1. The van der Waals surface area contributed by atoms with Gasteiger partial charge in [0.1, 0.15) is 0 Å². The van der Waals surface area contributed by atoms with Crippen molar-refractivity contribution in [2.75, 3.05) is 19.7 Å². The summed E-state index contributed by atoms with van der Waals surface area (Å²) in [5.74, 6) is -0.676. The van der Waals surface area contributed by atoms with Crippen LogP contribution in [-0.2, 0) is 16.6 Å². The van der Waals surface area contributed by atoms with E-state index in [2.05, 4.69) is 12.1 Å². The van der Waals surface area contributed by atoms with Gasteiger partial charge in [0.2, 0.25) is 15.9 Å². The highest BCUT2D eigenvalue weighted by atomic mass is 35.5. The number of nitrogens with zero attached hydrogens (tertiary/aromatic N) is 3. The van der Waals surface area contributed by atoms with Gasteiger partial charge in [-0.15, -0.1) is 0 Å². The van der Waals surface area contributed by atoms with Crippen LogP contribution in [0, 0.1) is 0 Å². The number of hydrogen-bond acceptors (Lipinski definition) is 5. The van der Waals surface area contributed by atoms with E-state index in [1.54, 1.807) is 0 Å². The van der Waals surface area contributed by atoms with E-state index in [1.807, 2.05) is 59.3 Å². The lowest BCUT2D eigenvalue weighted by molar-refractivity contribution is 0.1000. The average Bonchev–Trinajstić information content (AvgIpc) is 3.41. The fourth-order valence-corrected chi connectivity index (χ4v) is 7.89. The molecule has 45 heavy (non-hydrogen) atoms. The molecule has 232 valence electrons. The number of primary amides is 1. The minimum atomic E-state index is -3.74. The number of aliphatic hydroxyl groups excluding tert-OH is 1.